The second-order valence-corrected chi connectivity index (χ2v) is 8.81. The van der Waals surface area contributed by atoms with E-state index in [-0.39, 0.29) is 11.6 Å². The Balaban J connectivity index is 1.55. The number of nitrogens with zero attached hydrogens (tertiary/aromatic N) is 1. The lowest BCUT2D eigenvalue weighted by Crippen LogP contribution is -2.04. The lowest BCUT2D eigenvalue weighted by atomic mass is 10.2. The predicted octanol–water partition coefficient (Wildman–Crippen LogP) is 6.07. The van der Waals surface area contributed by atoms with E-state index >= 15 is 0 Å². The Hall–Kier alpha value is -1.85. The van der Waals surface area contributed by atoms with Crippen molar-refractivity contribution in [3.05, 3.63) is 89.5 Å². The number of carbonyl (C=O) groups is 1. The first kappa shape index (κ1) is 20.4. The van der Waals surface area contributed by atoms with Crippen molar-refractivity contribution in [2.45, 2.75) is 6.61 Å². The molecule has 0 fully saturated rings. The third kappa shape index (κ3) is 4.84. The summed E-state index contributed by atoms with van der Waals surface area (Å²) in [6.45, 7) is 0.413. The van der Waals surface area contributed by atoms with Gasteiger partial charge in [-0.15, -0.1) is 0 Å². The Kier molecular flexibility index (Phi) is 6.26. The molecule has 1 aliphatic heterocycles. The number of esters is 1. The first-order chi connectivity index (χ1) is 14.0. The van der Waals surface area contributed by atoms with Gasteiger partial charge in [-0.1, -0.05) is 23.7 Å². The van der Waals surface area contributed by atoms with Gasteiger partial charge >= 0.3 is 5.97 Å². The summed E-state index contributed by atoms with van der Waals surface area (Å²) in [5.74, 6) is 0.845. The Bertz CT molecular complexity index is 1120. The third-order valence-corrected chi connectivity index (χ3v) is 5.79. The first-order valence-corrected chi connectivity index (χ1v) is 11.0. The highest BCUT2D eigenvalue weighted by atomic mass is 127. The van der Waals surface area contributed by atoms with Crippen LogP contribution in [-0.2, 0) is 16.1 Å². The van der Waals surface area contributed by atoms with E-state index in [9.17, 15) is 4.79 Å². The van der Waals surface area contributed by atoms with Crippen molar-refractivity contribution in [1.29, 1.82) is 0 Å². The number of benzene rings is 2. The second-order valence-electron chi connectivity index (χ2n) is 6.05. The molecule has 2 aromatic carbocycles. The molecule has 0 bridgehead atoms. The molecule has 0 radical (unpaired) electrons. The number of hydrogen-bond acceptors (Lipinski definition) is 5. The molecule has 0 aliphatic carbocycles. The molecular weight excluding hydrogens is 619 g/mol. The normalized spacial score (nSPS) is 14.8. The highest BCUT2D eigenvalue weighted by Gasteiger charge is 2.26. The van der Waals surface area contributed by atoms with Gasteiger partial charge in [0.1, 0.15) is 12.4 Å². The molecule has 3 aromatic rings. The molecule has 8 heteroatoms. The van der Waals surface area contributed by atoms with Gasteiger partial charge in [0.15, 0.2) is 11.5 Å². The highest BCUT2D eigenvalue weighted by molar-refractivity contribution is 14.1. The third-order valence-electron chi connectivity index (χ3n) is 3.95. The van der Waals surface area contributed by atoms with Gasteiger partial charge in [-0.05, 0) is 98.8 Å². The summed E-state index contributed by atoms with van der Waals surface area (Å²) in [7, 11) is 0. The van der Waals surface area contributed by atoms with E-state index in [1.54, 1.807) is 18.2 Å². The average molecular weight is 632 g/mol. The van der Waals surface area contributed by atoms with Crippen molar-refractivity contribution in [3.63, 3.8) is 0 Å². The molecule has 0 atom stereocenters. The number of halogens is 3. The maximum atomic E-state index is 12.1. The molecule has 146 valence electrons. The van der Waals surface area contributed by atoms with Gasteiger partial charge in [0.25, 0.3) is 5.90 Å². The van der Waals surface area contributed by atoms with Crippen LogP contribution in [0, 0.1) is 7.14 Å². The van der Waals surface area contributed by atoms with Gasteiger partial charge in [-0.2, -0.15) is 0 Å². The summed E-state index contributed by atoms with van der Waals surface area (Å²) < 4.78 is 18.2. The average Bonchev–Trinajstić information content (AvgIpc) is 3.32. The fraction of sp³-hybridized carbons (Fsp3) is 0.0476. The molecule has 0 amide bonds. The molecule has 0 unspecified atom stereocenters. The fourth-order valence-corrected chi connectivity index (χ4v) is 5.00. The minimum Gasteiger partial charge on any atom is -0.487 e. The van der Waals surface area contributed by atoms with Crippen molar-refractivity contribution >= 4 is 74.7 Å². The smallest absolute Gasteiger partial charge is 0.363 e. The monoisotopic (exact) mass is 631 g/mol. The maximum Gasteiger partial charge on any atom is 0.363 e. The van der Waals surface area contributed by atoms with Gasteiger partial charge in [0.05, 0.1) is 13.4 Å². The Morgan fingerprint density at radius 1 is 1.10 bits per heavy atom. The Morgan fingerprint density at radius 3 is 2.59 bits per heavy atom. The van der Waals surface area contributed by atoms with E-state index in [4.69, 9.17) is 25.5 Å². The SMILES string of the molecule is O=C1OC(c2ccco2)=N/C1=C\c1cc(I)c(OCc2cccc(Cl)c2)c(I)c1. The largest absolute Gasteiger partial charge is 0.487 e. The van der Waals surface area contributed by atoms with E-state index in [1.807, 2.05) is 36.4 Å². The number of ether oxygens (including phenoxy) is 2. The Morgan fingerprint density at radius 2 is 1.90 bits per heavy atom. The van der Waals surface area contributed by atoms with E-state index in [0.29, 0.717) is 17.4 Å². The van der Waals surface area contributed by atoms with Crippen LogP contribution in [0.1, 0.15) is 16.9 Å². The zero-order valence-corrected chi connectivity index (χ0v) is 19.8. The summed E-state index contributed by atoms with van der Waals surface area (Å²) in [6, 6.07) is 14.8. The van der Waals surface area contributed by atoms with Crippen molar-refractivity contribution < 1.29 is 18.7 Å². The molecule has 0 N–H and O–H groups in total. The van der Waals surface area contributed by atoms with Crippen LogP contribution in [0.2, 0.25) is 5.02 Å². The number of aliphatic imine (C=N–C) groups is 1. The topological polar surface area (TPSA) is 61.0 Å². The Labute approximate surface area is 199 Å². The van der Waals surface area contributed by atoms with Gasteiger partial charge in [-0.25, -0.2) is 9.79 Å². The standard InChI is InChI=1S/C21H12ClI2NO4/c22-14-4-1-3-12(7-14)11-28-19-15(23)8-13(9-16(19)24)10-17-21(26)29-20(25-17)18-5-2-6-27-18/h1-10H,11H2/b17-10-. The van der Waals surface area contributed by atoms with Crippen LogP contribution < -0.4 is 4.74 Å². The molecule has 5 nitrogen and oxygen atoms in total. The molecular formula is C21H12ClI2NO4. The van der Waals surface area contributed by atoms with Crippen molar-refractivity contribution in [2.24, 2.45) is 4.99 Å². The van der Waals surface area contributed by atoms with Gasteiger partial charge in [0, 0.05) is 5.02 Å². The first-order valence-electron chi connectivity index (χ1n) is 8.42. The number of hydrogen-bond donors (Lipinski definition) is 0. The van der Waals surface area contributed by atoms with Crippen molar-refractivity contribution in [3.8, 4) is 5.75 Å². The molecule has 0 spiro atoms. The summed E-state index contributed by atoms with van der Waals surface area (Å²) in [6.07, 6.45) is 3.18. The number of rotatable bonds is 5. The van der Waals surface area contributed by atoms with Crippen LogP contribution in [0.5, 0.6) is 5.75 Å². The minimum atomic E-state index is -0.511. The van der Waals surface area contributed by atoms with Crippen LogP contribution >= 0.6 is 56.8 Å². The highest BCUT2D eigenvalue weighted by Crippen LogP contribution is 2.31. The summed E-state index contributed by atoms with van der Waals surface area (Å²) in [4.78, 5) is 16.4. The summed E-state index contributed by atoms with van der Waals surface area (Å²) >= 11 is 10.5. The van der Waals surface area contributed by atoms with Crippen molar-refractivity contribution in [1.82, 2.24) is 0 Å². The maximum absolute atomic E-state index is 12.1. The molecule has 4 rings (SSSR count). The van der Waals surface area contributed by atoms with Gasteiger partial charge < -0.3 is 13.9 Å². The zero-order chi connectivity index (χ0) is 20.4. The molecule has 29 heavy (non-hydrogen) atoms. The summed E-state index contributed by atoms with van der Waals surface area (Å²) in [5.41, 5.74) is 2.03. The van der Waals surface area contributed by atoms with Crippen molar-refractivity contribution in [2.75, 3.05) is 0 Å². The molecule has 0 saturated carbocycles. The van der Waals surface area contributed by atoms with E-state index in [2.05, 4.69) is 50.2 Å². The quantitative estimate of drug-likeness (QED) is 0.195. The molecule has 2 heterocycles. The number of cyclic esters (lactones) is 1. The van der Waals surface area contributed by atoms with Crippen LogP contribution in [0.4, 0.5) is 0 Å². The van der Waals surface area contributed by atoms with Crippen LogP contribution in [0.15, 0.2) is 69.9 Å². The predicted molar refractivity (Wildman–Crippen MR) is 127 cm³/mol. The minimum absolute atomic E-state index is 0.164. The lowest BCUT2D eigenvalue weighted by molar-refractivity contribution is -0.130. The van der Waals surface area contributed by atoms with Crippen LogP contribution in [0.25, 0.3) is 6.08 Å². The number of carbonyl (C=O) groups excluding carboxylic acids is 1. The zero-order valence-electron chi connectivity index (χ0n) is 14.7. The van der Waals surface area contributed by atoms with Gasteiger partial charge in [0.2, 0.25) is 0 Å². The van der Waals surface area contributed by atoms with E-state index in [1.165, 1.54) is 6.26 Å². The molecule has 0 saturated heterocycles. The lowest BCUT2D eigenvalue weighted by Gasteiger charge is -2.12. The van der Waals surface area contributed by atoms with Crippen LogP contribution in [0.3, 0.4) is 0 Å². The van der Waals surface area contributed by atoms with E-state index < -0.39 is 5.97 Å². The van der Waals surface area contributed by atoms with Crippen LogP contribution in [-0.4, -0.2) is 11.9 Å². The van der Waals surface area contributed by atoms with E-state index in [0.717, 1.165) is 24.0 Å². The van der Waals surface area contributed by atoms with Gasteiger partial charge in [-0.3, -0.25) is 0 Å². The fourth-order valence-electron chi connectivity index (χ4n) is 2.66. The number of furan rings is 1. The molecule has 1 aromatic heterocycles. The summed E-state index contributed by atoms with van der Waals surface area (Å²) in [5, 5.41) is 0.676. The molecule has 1 aliphatic rings. The second kappa shape index (κ2) is 8.88.